The third-order valence-corrected chi connectivity index (χ3v) is 3.74. The Bertz CT molecular complexity index is 835. The SMILES string of the molecule is Cc1cc2nc(-c3[nH][nH]c(=O)c3C)n(C)c2cc1C. The van der Waals surface area contributed by atoms with E-state index in [0.717, 1.165) is 22.6 Å². The number of nitrogens with one attached hydrogen (secondary N) is 2. The highest BCUT2D eigenvalue weighted by molar-refractivity contribution is 5.81. The van der Waals surface area contributed by atoms with Gasteiger partial charge in [-0.25, -0.2) is 4.98 Å². The second-order valence-electron chi connectivity index (χ2n) is 5.00. The number of rotatable bonds is 1. The molecule has 98 valence electrons. The quantitative estimate of drug-likeness (QED) is 0.700. The maximum Gasteiger partial charge on any atom is 0.267 e. The fourth-order valence-corrected chi connectivity index (χ4v) is 2.31. The Morgan fingerprint density at radius 3 is 2.42 bits per heavy atom. The molecule has 1 aromatic carbocycles. The molecular weight excluding hydrogens is 240 g/mol. The fraction of sp³-hybridized carbons (Fsp3) is 0.286. The number of imidazole rings is 1. The summed E-state index contributed by atoms with van der Waals surface area (Å²) in [5, 5.41) is 5.50. The van der Waals surface area contributed by atoms with Crippen molar-refractivity contribution in [2.45, 2.75) is 20.8 Å². The lowest BCUT2D eigenvalue weighted by molar-refractivity contribution is 0.940. The largest absolute Gasteiger partial charge is 0.326 e. The van der Waals surface area contributed by atoms with Crippen LogP contribution in [0.2, 0.25) is 0 Å². The molecule has 0 radical (unpaired) electrons. The summed E-state index contributed by atoms with van der Waals surface area (Å²) in [5.41, 5.74) is 5.78. The van der Waals surface area contributed by atoms with Gasteiger partial charge in [0, 0.05) is 12.6 Å². The van der Waals surface area contributed by atoms with Gasteiger partial charge in [-0.2, -0.15) is 0 Å². The molecule has 0 bridgehead atoms. The van der Waals surface area contributed by atoms with Gasteiger partial charge in [-0.05, 0) is 44.0 Å². The molecule has 0 spiro atoms. The first kappa shape index (κ1) is 11.8. The van der Waals surface area contributed by atoms with Crippen molar-refractivity contribution < 1.29 is 0 Å². The van der Waals surface area contributed by atoms with Crippen LogP contribution in [-0.4, -0.2) is 19.7 Å². The van der Waals surface area contributed by atoms with Crippen molar-refractivity contribution in [1.82, 2.24) is 19.7 Å². The molecular formula is C14H16N4O. The first-order valence-corrected chi connectivity index (χ1v) is 6.20. The van der Waals surface area contributed by atoms with E-state index in [1.807, 2.05) is 11.6 Å². The minimum absolute atomic E-state index is 0.102. The van der Waals surface area contributed by atoms with Crippen LogP contribution in [0.25, 0.3) is 22.6 Å². The second-order valence-corrected chi connectivity index (χ2v) is 5.00. The molecule has 0 amide bonds. The summed E-state index contributed by atoms with van der Waals surface area (Å²) in [5.74, 6) is 0.774. The van der Waals surface area contributed by atoms with E-state index in [-0.39, 0.29) is 5.56 Å². The highest BCUT2D eigenvalue weighted by Gasteiger charge is 2.15. The Hall–Kier alpha value is -2.30. The third-order valence-electron chi connectivity index (χ3n) is 3.74. The number of nitrogens with zero attached hydrogens (tertiary/aromatic N) is 2. The average Bonchev–Trinajstić information content (AvgIpc) is 2.84. The van der Waals surface area contributed by atoms with Gasteiger partial charge in [0.25, 0.3) is 5.56 Å². The van der Waals surface area contributed by atoms with E-state index in [4.69, 9.17) is 0 Å². The topological polar surface area (TPSA) is 66.5 Å². The van der Waals surface area contributed by atoms with Gasteiger partial charge in [0.15, 0.2) is 5.82 Å². The lowest BCUT2D eigenvalue weighted by Gasteiger charge is -2.02. The lowest BCUT2D eigenvalue weighted by atomic mass is 10.1. The first-order chi connectivity index (χ1) is 8.99. The molecule has 0 aliphatic rings. The molecule has 5 heteroatoms. The molecule has 19 heavy (non-hydrogen) atoms. The summed E-state index contributed by atoms with van der Waals surface area (Å²) < 4.78 is 2.01. The zero-order valence-corrected chi connectivity index (χ0v) is 11.5. The molecule has 2 heterocycles. The first-order valence-electron chi connectivity index (χ1n) is 6.20. The summed E-state index contributed by atoms with van der Waals surface area (Å²) in [4.78, 5) is 16.2. The van der Waals surface area contributed by atoms with Crippen molar-refractivity contribution in [2.75, 3.05) is 0 Å². The third kappa shape index (κ3) is 1.62. The molecule has 0 unspecified atom stereocenters. The average molecular weight is 256 g/mol. The predicted octanol–water partition coefficient (Wildman–Crippen LogP) is 2.18. The predicted molar refractivity (Wildman–Crippen MR) is 75.3 cm³/mol. The van der Waals surface area contributed by atoms with Crippen LogP contribution in [0.4, 0.5) is 0 Å². The molecule has 0 aliphatic carbocycles. The number of aromatic nitrogens is 4. The van der Waals surface area contributed by atoms with E-state index in [9.17, 15) is 4.79 Å². The number of hydrogen-bond donors (Lipinski definition) is 2. The number of aromatic amines is 2. The molecule has 0 saturated heterocycles. The van der Waals surface area contributed by atoms with Crippen LogP contribution in [0.3, 0.4) is 0 Å². The lowest BCUT2D eigenvalue weighted by Crippen LogP contribution is -2.01. The Kier molecular flexibility index (Phi) is 2.38. The summed E-state index contributed by atoms with van der Waals surface area (Å²) in [7, 11) is 1.96. The van der Waals surface area contributed by atoms with E-state index in [0.29, 0.717) is 5.56 Å². The maximum absolute atomic E-state index is 11.5. The van der Waals surface area contributed by atoms with E-state index < -0.39 is 0 Å². The van der Waals surface area contributed by atoms with E-state index >= 15 is 0 Å². The number of fused-ring (bicyclic) bond motifs is 1. The van der Waals surface area contributed by atoms with Gasteiger partial charge in [-0.15, -0.1) is 0 Å². The smallest absolute Gasteiger partial charge is 0.267 e. The van der Waals surface area contributed by atoms with Crippen molar-refractivity contribution in [2.24, 2.45) is 7.05 Å². The van der Waals surface area contributed by atoms with Crippen LogP contribution in [0.1, 0.15) is 16.7 Å². The van der Waals surface area contributed by atoms with Gasteiger partial charge >= 0.3 is 0 Å². The van der Waals surface area contributed by atoms with Gasteiger partial charge in [0.1, 0.15) is 5.69 Å². The molecule has 0 fully saturated rings. The highest BCUT2D eigenvalue weighted by Crippen LogP contribution is 2.25. The molecule has 0 aliphatic heterocycles. The van der Waals surface area contributed by atoms with Crippen molar-refractivity contribution >= 4 is 11.0 Å². The van der Waals surface area contributed by atoms with E-state index in [1.54, 1.807) is 6.92 Å². The molecule has 3 aromatic rings. The zero-order chi connectivity index (χ0) is 13.7. The van der Waals surface area contributed by atoms with Gasteiger partial charge in [0.2, 0.25) is 0 Å². The van der Waals surface area contributed by atoms with Gasteiger partial charge in [-0.1, -0.05) is 0 Å². The van der Waals surface area contributed by atoms with Crippen LogP contribution in [0, 0.1) is 20.8 Å². The standard InChI is InChI=1S/C14H16N4O/c1-7-5-10-11(6-8(7)2)18(4)13(15-10)12-9(3)14(19)17-16-12/h5-6H,1-4H3,(H2,16,17,19). The summed E-state index contributed by atoms with van der Waals surface area (Å²) in [6.07, 6.45) is 0. The number of hydrogen-bond acceptors (Lipinski definition) is 2. The van der Waals surface area contributed by atoms with Crippen molar-refractivity contribution in [3.63, 3.8) is 0 Å². The Morgan fingerprint density at radius 1 is 1.11 bits per heavy atom. The van der Waals surface area contributed by atoms with Crippen LogP contribution in [-0.2, 0) is 7.05 Å². The maximum atomic E-state index is 11.5. The normalized spacial score (nSPS) is 11.4. The highest BCUT2D eigenvalue weighted by atomic mass is 16.1. The summed E-state index contributed by atoms with van der Waals surface area (Å²) in [6, 6.07) is 4.20. The van der Waals surface area contributed by atoms with Crippen LogP contribution >= 0.6 is 0 Å². The van der Waals surface area contributed by atoms with Gasteiger partial charge in [-0.3, -0.25) is 15.0 Å². The summed E-state index contributed by atoms with van der Waals surface area (Å²) in [6.45, 7) is 5.96. The van der Waals surface area contributed by atoms with Crippen molar-refractivity contribution in [3.05, 3.63) is 39.2 Å². The monoisotopic (exact) mass is 256 g/mol. The van der Waals surface area contributed by atoms with Crippen LogP contribution in [0.15, 0.2) is 16.9 Å². The Morgan fingerprint density at radius 2 is 1.79 bits per heavy atom. The minimum atomic E-state index is -0.102. The number of H-pyrrole nitrogens is 2. The molecule has 5 nitrogen and oxygen atoms in total. The molecule has 0 saturated carbocycles. The molecule has 2 N–H and O–H groups in total. The molecule has 0 atom stereocenters. The van der Waals surface area contributed by atoms with Crippen molar-refractivity contribution in [1.29, 1.82) is 0 Å². The van der Waals surface area contributed by atoms with E-state index in [1.165, 1.54) is 11.1 Å². The van der Waals surface area contributed by atoms with Crippen molar-refractivity contribution in [3.8, 4) is 11.5 Å². The zero-order valence-electron chi connectivity index (χ0n) is 11.5. The number of benzene rings is 1. The second kappa shape index (κ2) is 3.85. The Labute approximate surface area is 110 Å². The minimum Gasteiger partial charge on any atom is -0.326 e. The van der Waals surface area contributed by atoms with Gasteiger partial charge < -0.3 is 4.57 Å². The fourth-order valence-electron chi connectivity index (χ4n) is 2.31. The molecule has 2 aromatic heterocycles. The summed E-state index contributed by atoms with van der Waals surface area (Å²) >= 11 is 0. The van der Waals surface area contributed by atoms with Crippen LogP contribution in [0.5, 0.6) is 0 Å². The molecule has 3 rings (SSSR count). The van der Waals surface area contributed by atoms with Gasteiger partial charge in [0.05, 0.1) is 11.0 Å². The van der Waals surface area contributed by atoms with Crippen LogP contribution < -0.4 is 5.56 Å². The number of aryl methyl sites for hydroxylation is 3. The van der Waals surface area contributed by atoms with E-state index in [2.05, 4.69) is 41.2 Å². The Balaban J connectivity index is 2.34.